The minimum Gasteiger partial charge on any atom is -0.310 e. The fourth-order valence-electron chi connectivity index (χ4n) is 3.82. The Morgan fingerprint density at radius 1 is 1.16 bits per heavy atom. The quantitative estimate of drug-likeness (QED) is 0.892. The smallest absolute Gasteiger partial charge is 0.0263 e. The number of fused-ring (bicyclic) bond motifs is 3. The summed E-state index contributed by atoms with van der Waals surface area (Å²) in [6.45, 7) is 3.83. The summed E-state index contributed by atoms with van der Waals surface area (Å²) in [7, 11) is 0. The Morgan fingerprint density at radius 2 is 2.05 bits per heavy atom. The van der Waals surface area contributed by atoms with Gasteiger partial charge in [-0.05, 0) is 43.9 Å². The molecule has 3 heteroatoms. The van der Waals surface area contributed by atoms with Gasteiger partial charge in [0.1, 0.15) is 0 Å². The first-order valence-electron chi connectivity index (χ1n) is 7.60. The average Bonchev–Trinajstić information content (AvgIpc) is 2.95. The molecule has 3 aliphatic rings. The largest absolute Gasteiger partial charge is 0.310 e. The van der Waals surface area contributed by atoms with Crippen LogP contribution in [0.3, 0.4) is 0 Å². The molecule has 0 aliphatic carbocycles. The number of likely N-dealkylation sites (tertiary alicyclic amines) is 1. The summed E-state index contributed by atoms with van der Waals surface area (Å²) in [4.78, 5) is 4.22. The lowest BCUT2D eigenvalue weighted by Gasteiger charge is -2.26. The molecule has 1 aromatic rings. The SMILES string of the molecule is c1ccc2c(c1)CC(CN1CCC3CCC(C1)N3)S2. The second kappa shape index (κ2) is 5.12. The number of benzene rings is 1. The van der Waals surface area contributed by atoms with Crippen molar-refractivity contribution in [2.75, 3.05) is 19.6 Å². The van der Waals surface area contributed by atoms with Gasteiger partial charge in [0.05, 0.1) is 0 Å². The van der Waals surface area contributed by atoms with Gasteiger partial charge in [0.15, 0.2) is 0 Å². The molecule has 4 rings (SSSR count). The van der Waals surface area contributed by atoms with Crippen LogP contribution in [0.15, 0.2) is 29.2 Å². The number of hydrogen-bond donors (Lipinski definition) is 1. The van der Waals surface area contributed by atoms with Gasteiger partial charge >= 0.3 is 0 Å². The molecular weight excluding hydrogens is 252 g/mol. The van der Waals surface area contributed by atoms with Crippen molar-refractivity contribution < 1.29 is 0 Å². The molecule has 0 aromatic heterocycles. The highest BCUT2D eigenvalue weighted by Crippen LogP contribution is 2.37. The van der Waals surface area contributed by atoms with E-state index in [0.717, 1.165) is 17.3 Å². The third-order valence-corrected chi connectivity index (χ3v) is 6.08. The van der Waals surface area contributed by atoms with Gasteiger partial charge in [0, 0.05) is 35.3 Å². The molecule has 3 aliphatic heterocycles. The van der Waals surface area contributed by atoms with Crippen molar-refractivity contribution in [2.45, 2.75) is 47.9 Å². The minimum absolute atomic E-state index is 0.765. The van der Waals surface area contributed by atoms with Crippen LogP contribution in [0.25, 0.3) is 0 Å². The summed E-state index contributed by atoms with van der Waals surface area (Å²) in [6.07, 6.45) is 5.40. The maximum atomic E-state index is 3.78. The van der Waals surface area contributed by atoms with Crippen LogP contribution in [0.5, 0.6) is 0 Å². The van der Waals surface area contributed by atoms with E-state index >= 15 is 0 Å². The molecule has 2 bridgehead atoms. The van der Waals surface area contributed by atoms with E-state index in [0.29, 0.717) is 0 Å². The molecule has 102 valence electrons. The Balaban J connectivity index is 1.38. The zero-order valence-corrected chi connectivity index (χ0v) is 12.2. The van der Waals surface area contributed by atoms with Crippen LogP contribution in [0.4, 0.5) is 0 Å². The topological polar surface area (TPSA) is 15.3 Å². The second-order valence-electron chi connectivity index (χ2n) is 6.24. The van der Waals surface area contributed by atoms with Crippen LogP contribution < -0.4 is 5.32 Å². The van der Waals surface area contributed by atoms with Crippen LogP contribution in [0.1, 0.15) is 24.8 Å². The summed E-state index contributed by atoms with van der Waals surface area (Å²) in [5, 5.41) is 4.55. The third-order valence-electron chi connectivity index (χ3n) is 4.78. The van der Waals surface area contributed by atoms with Crippen molar-refractivity contribution in [3.05, 3.63) is 29.8 Å². The summed E-state index contributed by atoms with van der Waals surface area (Å²) in [6, 6.07) is 10.5. The summed E-state index contributed by atoms with van der Waals surface area (Å²) < 4.78 is 0. The Morgan fingerprint density at radius 3 is 3.00 bits per heavy atom. The molecule has 19 heavy (non-hydrogen) atoms. The zero-order chi connectivity index (χ0) is 12.7. The van der Waals surface area contributed by atoms with Crippen LogP contribution in [0.2, 0.25) is 0 Å². The first kappa shape index (κ1) is 12.2. The molecule has 2 saturated heterocycles. The Hall–Kier alpha value is -0.510. The highest BCUT2D eigenvalue weighted by molar-refractivity contribution is 8.00. The predicted molar refractivity (Wildman–Crippen MR) is 80.8 cm³/mol. The first-order valence-corrected chi connectivity index (χ1v) is 8.48. The third kappa shape index (κ3) is 2.56. The molecule has 1 aromatic carbocycles. The fraction of sp³-hybridized carbons (Fsp3) is 0.625. The first-order chi connectivity index (χ1) is 9.37. The van der Waals surface area contributed by atoms with Gasteiger partial charge in [-0.2, -0.15) is 0 Å². The number of rotatable bonds is 2. The Bertz CT molecular complexity index is 437. The summed E-state index contributed by atoms with van der Waals surface area (Å²) >= 11 is 2.09. The maximum absolute atomic E-state index is 3.78. The van der Waals surface area contributed by atoms with Gasteiger partial charge in [-0.15, -0.1) is 11.8 Å². The summed E-state index contributed by atoms with van der Waals surface area (Å²) in [5.74, 6) is 0. The standard InChI is InChI=1S/C16H22N2S/c1-2-4-16-12(3-1)9-15(19-16)11-18-8-7-13-5-6-14(10-18)17-13/h1-4,13-15,17H,5-11H2. The molecule has 3 unspecified atom stereocenters. The lowest BCUT2D eigenvalue weighted by molar-refractivity contribution is 0.260. The van der Waals surface area contributed by atoms with Gasteiger partial charge in [0.25, 0.3) is 0 Å². The molecule has 2 nitrogen and oxygen atoms in total. The van der Waals surface area contributed by atoms with Gasteiger partial charge in [-0.3, -0.25) is 0 Å². The van der Waals surface area contributed by atoms with Crippen LogP contribution >= 0.6 is 11.8 Å². The van der Waals surface area contributed by atoms with Crippen molar-refractivity contribution >= 4 is 11.8 Å². The molecule has 3 heterocycles. The molecule has 2 fully saturated rings. The van der Waals surface area contributed by atoms with Crippen molar-refractivity contribution in [2.24, 2.45) is 0 Å². The van der Waals surface area contributed by atoms with E-state index in [2.05, 4.69) is 46.2 Å². The fourth-order valence-corrected chi connectivity index (χ4v) is 5.19. The van der Waals surface area contributed by atoms with Gasteiger partial charge in [0.2, 0.25) is 0 Å². The minimum atomic E-state index is 0.765. The number of thioether (sulfide) groups is 1. The molecule has 0 amide bonds. The van der Waals surface area contributed by atoms with Crippen molar-refractivity contribution in [1.82, 2.24) is 10.2 Å². The van der Waals surface area contributed by atoms with Crippen LogP contribution in [-0.2, 0) is 6.42 Å². The Kier molecular flexibility index (Phi) is 3.30. The van der Waals surface area contributed by atoms with Crippen molar-refractivity contribution in [3.63, 3.8) is 0 Å². The van der Waals surface area contributed by atoms with E-state index in [4.69, 9.17) is 0 Å². The molecule has 0 spiro atoms. The normalized spacial score (nSPS) is 34.2. The molecule has 1 N–H and O–H groups in total. The van der Waals surface area contributed by atoms with Crippen LogP contribution in [-0.4, -0.2) is 41.9 Å². The molecular formula is C16H22N2S. The lowest BCUT2D eigenvalue weighted by Crippen LogP contribution is -2.38. The maximum Gasteiger partial charge on any atom is 0.0263 e. The average molecular weight is 274 g/mol. The highest BCUT2D eigenvalue weighted by Gasteiger charge is 2.31. The van der Waals surface area contributed by atoms with E-state index in [1.165, 1.54) is 50.2 Å². The van der Waals surface area contributed by atoms with Gasteiger partial charge in [-0.25, -0.2) is 0 Å². The van der Waals surface area contributed by atoms with Crippen LogP contribution in [0, 0.1) is 0 Å². The molecule has 0 radical (unpaired) electrons. The van der Waals surface area contributed by atoms with E-state index in [-0.39, 0.29) is 0 Å². The van der Waals surface area contributed by atoms with E-state index in [1.54, 1.807) is 5.56 Å². The predicted octanol–water partition coefficient (Wildman–Crippen LogP) is 2.53. The summed E-state index contributed by atoms with van der Waals surface area (Å²) in [5.41, 5.74) is 1.56. The van der Waals surface area contributed by atoms with Gasteiger partial charge in [-0.1, -0.05) is 18.2 Å². The van der Waals surface area contributed by atoms with E-state index in [1.807, 2.05) is 0 Å². The Labute approximate surface area is 119 Å². The highest BCUT2D eigenvalue weighted by atomic mass is 32.2. The lowest BCUT2D eigenvalue weighted by atomic mass is 10.1. The van der Waals surface area contributed by atoms with Crippen molar-refractivity contribution in [1.29, 1.82) is 0 Å². The number of hydrogen-bond acceptors (Lipinski definition) is 3. The van der Waals surface area contributed by atoms with E-state index < -0.39 is 0 Å². The van der Waals surface area contributed by atoms with E-state index in [9.17, 15) is 0 Å². The molecule has 0 saturated carbocycles. The van der Waals surface area contributed by atoms with Crippen molar-refractivity contribution in [3.8, 4) is 0 Å². The number of nitrogens with zero attached hydrogens (tertiary/aromatic N) is 1. The van der Waals surface area contributed by atoms with Gasteiger partial charge < -0.3 is 10.2 Å². The zero-order valence-electron chi connectivity index (χ0n) is 11.3. The molecule has 3 atom stereocenters. The monoisotopic (exact) mass is 274 g/mol. The second-order valence-corrected chi connectivity index (χ2v) is 7.58. The number of nitrogens with one attached hydrogen (secondary N) is 1.